The molecule has 1 heterocycles. The largest absolute Gasteiger partial charge is 0.395 e. The van der Waals surface area contributed by atoms with Crippen LogP contribution >= 0.6 is 0 Å². The minimum absolute atomic E-state index is 0.296. The Bertz CT molecular complexity index is 368. The van der Waals surface area contributed by atoms with Crippen molar-refractivity contribution in [2.24, 2.45) is 0 Å². The van der Waals surface area contributed by atoms with Gasteiger partial charge in [-0.05, 0) is 38.8 Å². The maximum atomic E-state index is 9.53. The highest BCUT2D eigenvalue weighted by Gasteiger charge is 2.20. The SMILES string of the molecule is Cc1cc(C)cc(CN2CCCCCC2CO)c1. The van der Waals surface area contributed by atoms with E-state index in [9.17, 15) is 5.11 Å². The van der Waals surface area contributed by atoms with Gasteiger partial charge in [0.2, 0.25) is 0 Å². The van der Waals surface area contributed by atoms with Gasteiger partial charge in [-0.3, -0.25) is 4.90 Å². The number of hydrogen-bond acceptors (Lipinski definition) is 2. The van der Waals surface area contributed by atoms with Crippen LogP contribution in [-0.4, -0.2) is 29.2 Å². The van der Waals surface area contributed by atoms with Gasteiger partial charge in [0.1, 0.15) is 0 Å². The molecule has 0 spiro atoms. The van der Waals surface area contributed by atoms with Crippen LogP contribution in [0.1, 0.15) is 42.4 Å². The van der Waals surface area contributed by atoms with E-state index < -0.39 is 0 Å². The second kappa shape index (κ2) is 6.35. The van der Waals surface area contributed by atoms with E-state index in [1.54, 1.807) is 0 Å². The lowest BCUT2D eigenvalue weighted by Crippen LogP contribution is -2.36. The molecule has 0 aromatic heterocycles. The maximum Gasteiger partial charge on any atom is 0.0586 e. The molecule has 1 unspecified atom stereocenters. The van der Waals surface area contributed by atoms with Crippen molar-refractivity contribution in [3.8, 4) is 0 Å². The van der Waals surface area contributed by atoms with Crippen LogP contribution in [0.25, 0.3) is 0 Å². The van der Waals surface area contributed by atoms with Crippen LogP contribution in [0.2, 0.25) is 0 Å². The van der Waals surface area contributed by atoms with Crippen LogP contribution < -0.4 is 0 Å². The van der Waals surface area contributed by atoms with Crippen LogP contribution in [0, 0.1) is 13.8 Å². The molecule has 1 aromatic carbocycles. The number of aryl methyl sites for hydroxylation is 2. The van der Waals surface area contributed by atoms with Crippen molar-refractivity contribution in [3.63, 3.8) is 0 Å². The van der Waals surface area contributed by atoms with Crippen LogP contribution in [0.15, 0.2) is 18.2 Å². The first kappa shape index (κ1) is 13.6. The van der Waals surface area contributed by atoms with E-state index >= 15 is 0 Å². The number of benzene rings is 1. The second-order valence-corrected chi connectivity index (χ2v) is 5.65. The highest BCUT2D eigenvalue weighted by atomic mass is 16.3. The fraction of sp³-hybridized carbons (Fsp3) is 0.625. The van der Waals surface area contributed by atoms with Gasteiger partial charge in [0.15, 0.2) is 0 Å². The predicted octanol–water partition coefficient (Wildman–Crippen LogP) is 3.04. The predicted molar refractivity (Wildman–Crippen MR) is 75.7 cm³/mol. The summed E-state index contributed by atoms with van der Waals surface area (Å²) in [5.74, 6) is 0. The summed E-state index contributed by atoms with van der Waals surface area (Å²) in [6, 6.07) is 7.11. The van der Waals surface area contributed by atoms with Crippen molar-refractivity contribution in [3.05, 3.63) is 34.9 Å². The van der Waals surface area contributed by atoms with Crippen LogP contribution in [-0.2, 0) is 6.54 Å². The lowest BCUT2D eigenvalue weighted by atomic mass is 10.1. The summed E-state index contributed by atoms with van der Waals surface area (Å²) in [5, 5.41) is 9.53. The van der Waals surface area contributed by atoms with Gasteiger partial charge < -0.3 is 5.11 Å². The Labute approximate surface area is 111 Å². The minimum Gasteiger partial charge on any atom is -0.395 e. The fourth-order valence-corrected chi connectivity index (χ4v) is 3.05. The Balaban J connectivity index is 2.09. The monoisotopic (exact) mass is 247 g/mol. The Morgan fingerprint density at radius 2 is 1.83 bits per heavy atom. The zero-order valence-corrected chi connectivity index (χ0v) is 11.7. The normalized spacial score (nSPS) is 21.8. The molecule has 2 heteroatoms. The van der Waals surface area contributed by atoms with Crippen molar-refractivity contribution in [2.45, 2.75) is 52.1 Å². The van der Waals surface area contributed by atoms with E-state index in [0.29, 0.717) is 12.6 Å². The van der Waals surface area contributed by atoms with Crippen molar-refractivity contribution < 1.29 is 5.11 Å². The second-order valence-electron chi connectivity index (χ2n) is 5.65. The van der Waals surface area contributed by atoms with Crippen molar-refractivity contribution in [1.82, 2.24) is 4.90 Å². The molecule has 2 nitrogen and oxygen atoms in total. The Morgan fingerprint density at radius 1 is 1.11 bits per heavy atom. The highest BCUT2D eigenvalue weighted by molar-refractivity contribution is 5.28. The number of hydrogen-bond donors (Lipinski definition) is 1. The van der Waals surface area contributed by atoms with Gasteiger partial charge in [-0.2, -0.15) is 0 Å². The minimum atomic E-state index is 0.296. The third-order valence-corrected chi connectivity index (χ3v) is 3.88. The Hall–Kier alpha value is -0.860. The van der Waals surface area contributed by atoms with Gasteiger partial charge in [-0.15, -0.1) is 0 Å². The molecule has 1 atom stereocenters. The molecule has 2 rings (SSSR count). The molecule has 1 aliphatic heterocycles. The van der Waals surface area contributed by atoms with E-state index in [1.807, 2.05) is 0 Å². The molecule has 0 saturated carbocycles. The van der Waals surface area contributed by atoms with Gasteiger partial charge in [-0.25, -0.2) is 0 Å². The molecular weight excluding hydrogens is 222 g/mol. The van der Waals surface area contributed by atoms with Crippen molar-refractivity contribution in [2.75, 3.05) is 13.2 Å². The van der Waals surface area contributed by atoms with Crippen LogP contribution in [0.3, 0.4) is 0 Å². The molecule has 0 bridgehead atoms. The zero-order chi connectivity index (χ0) is 13.0. The van der Waals surface area contributed by atoms with Gasteiger partial charge in [0, 0.05) is 12.6 Å². The van der Waals surface area contributed by atoms with Crippen LogP contribution in [0.4, 0.5) is 0 Å². The van der Waals surface area contributed by atoms with E-state index in [2.05, 4.69) is 36.9 Å². The van der Waals surface area contributed by atoms with Gasteiger partial charge in [0.05, 0.1) is 6.61 Å². The average molecular weight is 247 g/mol. The third-order valence-electron chi connectivity index (χ3n) is 3.88. The molecule has 1 aliphatic rings. The highest BCUT2D eigenvalue weighted by Crippen LogP contribution is 2.20. The summed E-state index contributed by atoms with van der Waals surface area (Å²) < 4.78 is 0. The number of likely N-dealkylation sites (tertiary alicyclic amines) is 1. The lowest BCUT2D eigenvalue weighted by molar-refractivity contribution is 0.118. The summed E-state index contributed by atoms with van der Waals surface area (Å²) >= 11 is 0. The van der Waals surface area contributed by atoms with Crippen molar-refractivity contribution in [1.29, 1.82) is 0 Å². The van der Waals surface area contributed by atoms with E-state index in [-0.39, 0.29) is 0 Å². The first-order chi connectivity index (χ1) is 8.69. The van der Waals surface area contributed by atoms with Gasteiger partial charge in [0.25, 0.3) is 0 Å². The molecule has 18 heavy (non-hydrogen) atoms. The number of aliphatic hydroxyl groups excluding tert-OH is 1. The van der Waals surface area contributed by atoms with E-state index in [0.717, 1.165) is 19.5 Å². The van der Waals surface area contributed by atoms with E-state index in [4.69, 9.17) is 0 Å². The smallest absolute Gasteiger partial charge is 0.0586 e. The Kier molecular flexibility index (Phi) is 4.79. The summed E-state index contributed by atoms with van der Waals surface area (Å²) in [6.45, 7) is 6.71. The molecule has 1 fully saturated rings. The molecule has 0 amide bonds. The summed E-state index contributed by atoms with van der Waals surface area (Å²) in [6.07, 6.45) is 4.97. The quantitative estimate of drug-likeness (QED) is 0.887. The van der Waals surface area contributed by atoms with Crippen LogP contribution in [0.5, 0.6) is 0 Å². The lowest BCUT2D eigenvalue weighted by Gasteiger charge is -2.28. The number of aliphatic hydroxyl groups is 1. The van der Waals surface area contributed by atoms with Crippen molar-refractivity contribution >= 4 is 0 Å². The molecule has 1 N–H and O–H groups in total. The third kappa shape index (κ3) is 3.56. The summed E-state index contributed by atoms with van der Waals surface area (Å²) in [4.78, 5) is 2.46. The van der Waals surface area contributed by atoms with Gasteiger partial charge in [-0.1, -0.05) is 42.2 Å². The molecule has 1 aromatic rings. The topological polar surface area (TPSA) is 23.5 Å². The molecule has 0 radical (unpaired) electrons. The molecular formula is C16H25NO. The Morgan fingerprint density at radius 3 is 2.50 bits per heavy atom. The fourth-order valence-electron chi connectivity index (χ4n) is 3.05. The zero-order valence-electron chi connectivity index (χ0n) is 11.7. The molecule has 0 aliphatic carbocycles. The van der Waals surface area contributed by atoms with Gasteiger partial charge >= 0.3 is 0 Å². The number of rotatable bonds is 3. The molecule has 1 saturated heterocycles. The first-order valence-corrected chi connectivity index (χ1v) is 7.11. The standard InChI is InChI=1S/C16H25NO/c1-13-8-14(2)10-15(9-13)11-17-7-5-3-4-6-16(17)12-18/h8-10,16,18H,3-7,11-12H2,1-2H3. The summed E-state index contributed by atoms with van der Waals surface area (Å²) in [5.41, 5.74) is 4.05. The number of nitrogens with zero attached hydrogens (tertiary/aromatic N) is 1. The summed E-state index contributed by atoms with van der Waals surface area (Å²) in [7, 11) is 0. The maximum absolute atomic E-state index is 9.53. The van der Waals surface area contributed by atoms with E-state index in [1.165, 1.54) is 36.0 Å². The average Bonchev–Trinajstić information content (AvgIpc) is 2.52. The first-order valence-electron chi connectivity index (χ1n) is 7.11. The molecule has 100 valence electrons.